The van der Waals surface area contributed by atoms with Gasteiger partial charge in [-0.1, -0.05) is 35.9 Å². The molecule has 2 N–H and O–H groups in total. The van der Waals surface area contributed by atoms with E-state index in [2.05, 4.69) is 15.6 Å². The Balaban J connectivity index is 1.92. The van der Waals surface area contributed by atoms with E-state index in [1.165, 1.54) is 18.2 Å². The van der Waals surface area contributed by atoms with Crippen LogP contribution in [0.3, 0.4) is 0 Å². The van der Waals surface area contributed by atoms with Crippen LogP contribution in [0.5, 0.6) is 0 Å². The van der Waals surface area contributed by atoms with Crippen molar-refractivity contribution in [2.75, 3.05) is 25.4 Å². The van der Waals surface area contributed by atoms with Crippen molar-refractivity contribution in [3.8, 4) is 0 Å². The molecule has 0 atom stereocenters. The lowest BCUT2D eigenvalue weighted by Gasteiger charge is -2.11. The van der Waals surface area contributed by atoms with Gasteiger partial charge in [-0.2, -0.15) is 0 Å². The van der Waals surface area contributed by atoms with Crippen LogP contribution >= 0.6 is 11.6 Å². The van der Waals surface area contributed by atoms with Crippen molar-refractivity contribution in [1.82, 2.24) is 10.6 Å². The maximum absolute atomic E-state index is 13.7. The van der Waals surface area contributed by atoms with Crippen LogP contribution in [0.1, 0.15) is 12.5 Å². The fraction of sp³-hybridized carbons (Fsp3) is 0.316. The number of hydrogen-bond acceptors (Lipinski definition) is 3. The average Bonchev–Trinajstić information content (AvgIpc) is 2.62. The molecular weight excluding hydrogens is 389 g/mol. The monoisotopic (exact) mass is 411 g/mol. The van der Waals surface area contributed by atoms with Crippen molar-refractivity contribution in [3.05, 3.63) is 64.9 Å². The number of sulfone groups is 1. The molecule has 8 heteroatoms. The summed E-state index contributed by atoms with van der Waals surface area (Å²) in [5.41, 5.74) is 1.09. The van der Waals surface area contributed by atoms with E-state index in [4.69, 9.17) is 11.6 Å². The predicted octanol–water partition coefficient (Wildman–Crippen LogP) is 3.05. The Labute approximate surface area is 164 Å². The van der Waals surface area contributed by atoms with Crippen molar-refractivity contribution >= 4 is 27.4 Å². The lowest BCUT2D eigenvalue weighted by atomic mass is 10.1. The van der Waals surface area contributed by atoms with E-state index >= 15 is 0 Å². The minimum Gasteiger partial charge on any atom is -0.357 e. The molecule has 0 spiro atoms. The molecule has 0 unspecified atom stereocenters. The first-order valence-electron chi connectivity index (χ1n) is 8.66. The number of guanidine groups is 1. The van der Waals surface area contributed by atoms with Crippen LogP contribution in [0.15, 0.2) is 58.4 Å². The third-order valence-corrected chi connectivity index (χ3v) is 5.70. The van der Waals surface area contributed by atoms with Crippen molar-refractivity contribution in [1.29, 1.82) is 0 Å². The minimum absolute atomic E-state index is 0.0309. The molecule has 0 heterocycles. The molecule has 0 saturated heterocycles. The number of halogens is 2. The van der Waals surface area contributed by atoms with E-state index in [-0.39, 0.29) is 17.2 Å². The summed E-state index contributed by atoms with van der Waals surface area (Å²) in [6.07, 6.45) is 0.749. The molecule has 5 nitrogen and oxygen atoms in total. The van der Waals surface area contributed by atoms with Gasteiger partial charge in [0, 0.05) is 18.1 Å². The molecule has 2 rings (SSSR count). The van der Waals surface area contributed by atoms with Crippen LogP contribution in [-0.2, 0) is 16.3 Å². The van der Waals surface area contributed by atoms with E-state index < -0.39 is 15.7 Å². The lowest BCUT2D eigenvalue weighted by molar-refractivity contribution is 0.567. The fourth-order valence-corrected chi connectivity index (χ4v) is 3.86. The van der Waals surface area contributed by atoms with Crippen LogP contribution in [0.25, 0.3) is 0 Å². The summed E-state index contributed by atoms with van der Waals surface area (Å²) in [5, 5.41) is 6.90. The Hall–Kier alpha value is -2.12. The van der Waals surface area contributed by atoms with Crippen molar-refractivity contribution in [2.24, 2.45) is 4.99 Å². The van der Waals surface area contributed by atoms with Crippen molar-refractivity contribution < 1.29 is 12.8 Å². The van der Waals surface area contributed by atoms with Crippen LogP contribution in [0.2, 0.25) is 5.02 Å². The molecular formula is C19H23ClFN3O2S. The molecule has 0 bridgehead atoms. The molecule has 0 saturated carbocycles. The van der Waals surface area contributed by atoms with Gasteiger partial charge in [0.05, 0.1) is 12.3 Å². The Bertz CT molecular complexity index is 888. The Morgan fingerprint density at radius 3 is 2.63 bits per heavy atom. The van der Waals surface area contributed by atoms with E-state index in [0.717, 1.165) is 18.1 Å². The highest BCUT2D eigenvalue weighted by Gasteiger charge is 2.18. The van der Waals surface area contributed by atoms with Gasteiger partial charge in [-0.15, -0.1) is 0 Å². The molecule has 146 valence electrons. The minimum atomic E-state index is -3.72. The van der Waals surface area contributed by atoms with Gasteiger partial charge in [0.2, 0.25) is 0 Å². The van der Waals surface area contributed by atoms with E-state index in [1.807, 2.05) is 31.2 Å². The highest BCUT2D eigenvalue weighted by atomic mass is 35.5. The summed E-state index contributed by atoms with van der Waals surface area (Å²) < 4.78 is 38.2. The zero-order valence-electron chi connectivity index (χ0n) is 15.1. The molecule has 0 aliphatic carbocycles. The van der Waals surface area contributed by atoms with Gasteiger partial charge >= 0.3 is 0 Å². The zero-order valence-corrected chi connectivity index (χ0v) is 16.7. The number of nitrogens with zero attached hydrogens (tertiary/aromatic N) is 1. The summed E-state index contributed by atoms with van der Waals surface area (Å²) >= 11 is 5.97. The average molecular weight is 412 g/mol. The van der Waals surface area contributed by atoms with E-state index in [1.54, 1.807) is 0 Å². The summed E-state index contributed by atoms with van der Waals surface area (Å²) in [6.45, 7) is 3.21. The first kappa shape index (κ1) is 21.2. The highest BCUT2D eigenvalue weighted by molar-refractivity contribution is 7.91. The molecule has 27 heavy (non-hydrogen) atoms. The number of nitrogens with one attached hydrogen (secondary N) is 2. The number of benzene rings is 2. The van der Waals surface area contributed by atoms with Crippen LogP contribution in [0.4, 0.5) is 4.39 Å². The Morgan fingerprint density at radius 2 is 1.93 bits per heavy atom. The Kier molecular flexibility index (Phi) is 8.06. The van der Waals surface area contributed by atoms with Crippen molar-refractivity contribution in [2.45, 2.75) is 18.2 Å². The maximum atomic E-state index is 13.7. The van der Waals surface area contributed by atoms with Crippen LogP contribution < -0.4 is 10.6 Å². The zero-order chi connectivity index (χ0) is 19.7. The quantitative estimate of drug-likeness (QED) is 0.517. The smallest absolute Gasteiger partial charge is 0.191 e. The number of rotatable bonds is 8. The van der Waals surface area contributed by atoms with Gasteiger partial charge in [-0.25, -0.2) is 12.8 Å². The van der Waals surface area contributed by atoms with Gasteiger partial charge < -0.3 is 10.6 Å². The SMILES string of the molecule is CCNC(=NCCS(=O)(=O)c1ccccc1F)NCCc1cccc(Cl)c1. The Morgan fingerprint density at radius 1 is 1.15 bits per heavy atom. The third kappa shape index (κ3) is 6.84. The first-order valence-corrected chi connectivity index (χ1v) is 10.7. The molecule has 0 fully saturated rings. The predicted molar refractivity (Wildman–Crippen MR) is 108 cm³/mol. The summed E-state index contributed by atoms with van der Waals surface area (Å²) in [5.74, 6) is -0.491. The topological polar surface area (TPSA) is 70.6 Å². The molecule has 0 aliphatic heterocycles. The van der Waals surface area contributed by atoms with Crippen LogP contribution in [-0.4, -0.2) is 39.8 Å². The molecule has 0 radical (unpaired) electrons. The first-order chi connectivity index (χ1) is 12.9. The second-order valence-corrected chi connectivity index (χ2v) is 8.33. The van der Waals surface area contributed by atoms with E-state index in [0.29, 0.717) is 24.1 Å². The highest BCUT2D eigenvalue weighted by Crippen LogP contribution is 2.15. The molecule has 0 amide bonds. The fourth-order valence-electron chi connectivity index (χ4n) is 2.44. The van der Waals surface area contributed by atoms with E-state index in [9.17, 15) is 12.8 Å². The van der Waals surface area contributed by atoms with Crippen molar-refractivity contribution in [3.63, 3.8) is 0 Å². The number of hydrogen-bond donors (Lipinski definition) is 2. The standard InChI is InChI=1S/C19H23ClFN3O2S/c1-2-22-19(23-11-10-15-6-5-7-16(20)14-15)24-12-13-27(25,26)18-9-4-3-8-17(18)21/h3-9,14H,2,10-13H2,1H3,(H2,22,23,24). The lowest BCUT2D eigenvalue weighted by Crippen LogP contribution is -2.38. The summed E-state index contributed by atoms with van der Waals surface area (Å²) in [7, 11) is -3.72. The molecule has 2 aromatic rings. The normalized spacial score (nSPS) is 12.0. The van der Waals surface area contributed by atoms with Gasteiger partial charge in [0.1, 0.15) is 10.7 Å². The maximum Gasteiger partial charge on any atom is 0.191 e. The molecule has 2 aromatic carbocycles. The third-order valence-electron chi connectivity index (χ3n) is 3.74. The van der Waals surface area contributed by atoms with Crippen LogP contribution in [0, 0.1) is 5.82 Å². The molecule has 0 aliphatic rings. The summed E-state index contributed by atoms with van der Waals surface area (Å²) in [4.78, 5) is 3.98. The molecule has 0 aromatic heterocycles. The van der Waals surface area contributed by atoms with Gasteiger partial charge in [-0.3, -0.25) is 4.99 Å². The second kappa shape index (κ2) is 10.3. The largest absolute Gasteiger partial charge is 0.357 e. The number of aliphatic imine (C=N–C) groups is 1. The summed E-state index contributed by atoms with van der Waals surface area (Å²) in [6, 6.07) is 13.0. The van der Waals surface area contributed by atoms with Gasteiger partial charge in [-0.05, 0) is 43.2 Å². The van der Waals surface area contributed by atoms with Gasteiger partial charge in [0.15, 0.2) is 15.8 Å². The second-order valence-electron chi connectivity index (χ2n) is 5.82. The van der Waals surface area contributed by atoms with Gasteiger partial charge in [0.25, 0.3) is 0 Å².